The van der Waals surface area contributed by atoms with Gasteiger partial charge in [-0.2, -0.15) is 0 Å². The summed E-state index contributed by atoms with van der Waals surface area (Å²) >= 11 is 0.939. The molecule has 0 bridgehead atoms. The molecule has 0 fully saturated rings. The highest BCUT2D eigenvalue weighted by atomic mass is 32.2. The van der Waals surface area contributed by atoms with E-state index in [4.69, 9.17) is 5.11 Å². The molecule has 0 atom stereocenters. The molecule has 0 aliphatic rings. The van der Waals surface area contributed by atoms with Crippen molar-refractivity contribution in [2.45, 2.75) is 11.3 Å². The number of sulfonamides is 1. The molecule has 1 aromatic heterocycles. The van der Waals surface area contributed by atoms with E-state index in [0.29, 0.717) is 0 Å². The number of thiophene rings is 1. The van der Waals surface area contributed by atoms with Crippen molar-refractivity contribution in [2.24, 2.45) is 0 Å². The molecule has 0 aliphatic heterocycles. The summed E-state index contributed by atoms with van der Waals surface area (Å²) in [7, 11) is -2.75. The molecular weight excluding hydrogens is 282 g/mol. The highest BCUT2D eigenvalue weighted by Crippen LogP contribution is 2.22. The van der Waals surface area contributed by atoms with Crippen LogP contribution in [0, 0.1) is 0 Å². The van der Waals surface area contributed by atoms with Crippen LogP contribution in [0.3, 0.4) is 0 Å². The van der Waals surface area contributed by atoms with Crippen LogP contribution in [0.25, 0.3) is 0 Å². The molecule has 0 saturated carbocycles. The minimum Gasteiger partial charge on any atom is -0.481 e. The fourth-order valence-corrected chi connectivity index (χ4v) is 3.49. The van der Waals surface area contributed by atoms with Crippen LogP contribution in [0.4, 0.5) is 0 Å². The molecule has 18 heavy (non-hydrogen) atoms. The normalized spacial score (nSPS) is 11.2. The Morgan fingerprint density at radius 2 is 2.17 bits per heavy atom. The van der Waals surface area contributed by atoms with Crippen molar-refractivity contribution in [3.63, 3.8) is 0 Å². The van der Waals surface area contributed by atoms with Gasteiger partial charge in [-0.25, -0.2) is 17.9 Å². The topological polar surface area (TPSA) is 110 Å². The van der Waals surface area contributed by atoms with E-state index in [9.17, 15) is 18.0 Å². The van der Waals surface area contributed by atoms with Crippen LogP contribution in [0.2, 0.25) is 0 Å². The quantitative estimate of drug-likeness (QED) is 0.729. The first-order chi connectivity index (χ1) is 8.38. The number of ether oxygens (including phenoxy) is 1. The highest BCUT2D eigenvalue weighted by Gasteiger charge is 2.24. The van der Waals surface area contributed by atoms with Gasteiger partial charge < -0.3 is 9.84 Å². The van der Waals surface area contributed by atoms with Crippen molar-refractivity contribution in [2.75, 3.05) is 13.7 Å². The number of carboxylic acids is 1. The molecule has 100 valence electrons. The SMILES string of the molecule is COC(=O)c1sccc1S(=O)(=O)NCCC(=O)O. The lowest BCUT2D eigenvalue weighted by Gasteiger charge is -2.05. The number of carbonyl (C=O) groups excluding carboxylic acids is 1. The van der Waals surface area contributed by atoms with Crippen molar-refractivity contribution < 1.29 is 27.9 Å². The summed E-state index contributed by atoms with van der Waals surface area (Å²) in [6.07, 6.45) is -0.336. The van der Waals surface area contributed by atoms with Gasteiger partial charge in [-0.15, -0.1) is 11.3 Å². The van der Waals surface area contributed by atoms with Gasteiger partial charge in [0.05, 0.1) is 13.5 Å². The molecule has 0 unspecified atom stereocenters. The third kappa shape index (κ3) is 3.52. The minimum absolute atomic E-state index is 0.0414. The lowest BCUT2D eigenvalue weighted by Crippen LogP contribution is -2.27. The maximum Gasteiger partial charge on any atom is 0.349 e. The molecule has 1 heterocycles. The number of hydrogen-bond acceptors (Lipinski definition) is 6. The van der Waals surface area contributed by atoms with Gasteiger partial charge in [-0.1, -0.05) is 0 Å². The van der Waals surface area contributed by atoms with Crippen LogP contribution in [0.15, 0.2) is 16.3 Å². The Balaban J connectivity index is 2.89. The van der Waals surface area contributed by atoms with Crippen LogP contribution < -0.4 is 4.72 Å². The number of carbonyl (C=O) groups is 2. The van der Waals surface area contributed by atoms with E-state index >= 15 is 0 Å². The van der Waals surface area contributed by atoms with E-state index in [1.807, 2.05) is 0 Å². The van der Waals surface area contributed by atoms with Crippen LogP contribution >= 0.6 is 11.3 Å². The van der Waals surface area contributed by atoms with Gasteiger partial charge in [0, 0.05) is 6.54 Å². The van der Waals surface area contributed by atoms with E-state index in [0.717, 1.165) is 18.4 Å². The number of nitrogens with one attached hydrogen (secondary N) is 1. The monoisotopic (exact) mass is 293 g/mol. The number of carboxylic acid groups (broad SMARTS) is 1. The zero-order chi connectivity index (χ0) is 13.8. The number of aliphatic carboxylic acids is 1. The van der Waals surface area contributed by atoms with E-state index in [-0.39, 0.29) is 22.7 Å². The number of rotatable bonds is 6. The van der Waals surface area contributed by atoms with Gasteiger partial charge in [0.15, 0.2) is 0 Å². The maximum atomic E-state index is 11.8. The summed E-state index contributed by atoms with van der Waals surface area (Å²) < 4.78 is 30.2. The molecule has 1 aromatic rings. The van der Waals surface area contributed by atoms with Gasteiger partial charge in [0.25, 0.3) is 0 Å². The van der Waals surface area contributed by atoms with Crippen LogP contribution in [-0.2, 0) is 19.6 Å². The summed E-state index contributed by atoms with van der Waals surface area (Å²) in [4.78, 5) is 21.4. The van der Waals surface area contributed by atoms with Crippen LogP contribution in [0.1, 0.15) is 16.1 Å². The fraction of sp³-hybridized carbons (Fsp3) is 0.333. The molecule has 0 aromatic carbocycles. The molecule has 1 rings (SSSR count). The molecule has 9 heteroatoms. The number of hydrogen-bond donors (Lipinski definition) is 2. The van der Waals surface area contributed by atoms with Crippen LogP contribution in [-0.4, -0.2) is 39.1 Å². The van der Waals surface area contributed by atoms with Crippen LogP contribution in [0.5, 0.6) is 0 Å². The first-order valence-corrected chi connectivity index (χ1v) is 7.12. The summed E-state index contributed by atoms with van der Waals surface area (Å²) in [5.41, 5.74) is 0. The van der Waals surface area contributed by atoms with Crippen molar-refractivity contribution >= 4 is 33.3 Å². The lowest BCUT2D eigenvalue weighted by molar-refractivity contribution is -0.136. The summed E-state index contributed by atoms with van der Waals surface area (Å²) in [5.74, 6) is -1.86. The predicted octanol–water partition coefficient (Wildman–Crippen LogP) is 0.288. The largest absolute Gasteiger partial charge is 0.481 e. The molecule has 0 saturated heterocycles. The van der Waals surface area contributed by atoms with Gasteiger partial charge in [-0.3, -0.25) is 4.79 Å². The Labute approximate surface area is 107 Å². The van der Waals surface area contributed by atoms with Gasteiger partial charge in [-0.05, 0) is 11.4 Å². The lowest BCUT2D eigenvalue weighted by atomic mass is 10.5. The molecule has 2 N–H and O–H groups in total. The van der Waals surface area contributed by atoms with Crippen molar-refractivity contribution in [3.8, 4) is 0 Å². The molecule has 0 aliphatic carbocycles. The standard InChI is InChI=1S/C9H11NO6S2/c1-16-9(13)8-6(3-5-17-8)18(14,15)10-4-2-7(11)12/h3,5,10H,2,4H2,1H3,(H,11,12). The smallest absolute Gasteiger partial charge is 0.349 e. The second-order valence-electron chi connectivity index (χ2n) is 3.15. The predicted molar refractivity (Wildman–Crippen MR) is 63.1 cm³/mol. The first kappa shape index (κ1) is 14.6. The molecule has 0 amide bonds. The summed E-state index contributed by atoms with van der Waals surface area (Å²) in [6.45, 7) is -0.242. The van der Waals surface area contributed by atoms with E-state index < -0.39 is 22.0 Å². The average Bonchev–Trinajstić information content (AvgIpc) is 2.76. The van der Waals surface area contributed by atoms with E-state index in [1.165, 1.54) is 11.4 Å². The molecule has 0 radical (unpaired) electrons. The number of methoxy groups -OCH3 is 1. The third-order valence-electron chi connectivity index (χ3n) is 1.92. The Kier molecular flexibility index (Phi) is 4.82. The third-order valence-corrected chi connectivity index (χ3v) is 4.45. The second kappa shape index (κ2) is 5.94. The zero-order valence-corrected chi connectivity index (χ0v) is 11.0. The van der Waals surface area contributed by atoms with Crippen molar-refractivity contribution in [1.82, 2.24) is 4.72 Å². The Hall–Kier alpha value is -1.45. The average molecular weight is 293 g/mol. The van der Waals surface area contributed by atoms with Gasteiger partial charge in [0.1, 0.15) is 9.77 Å². The van der Waals surface area contributed by atoms with E-state index in [1.54, 1.807) is 0 Å². The molecule has 0 spiro atoms. The number of esters is 1. The Morgan fingerprint density at radius 1 is 1.50 bits per heavy atom. The van der Waals surface area contributed by atoms with E-state index in [2.05, 4.69) is 9.46 Å². The summed E-state index contributed by atoms with van der Waals surface area (Å²) in [5, 5.41) is 9.86. The molecule has 7 nitrogen and oxygen atoms in total. The highest BCUT2D eigenvalue weighted by molar-refractivity contribution is 7.89. The van der Waals surface area contributed by atoms with Crippen molar-refractivity contribution in [3.05, 3.63) is 16.3 Å². The van der Waals surface area contributed by atoms with Crippen molar-refractivity contribution in [1.29, 1.82) is 0 Å². The Bertz CT molecular complexity index is 547. The Morgan fingerprint density at radius 3 is 2.72 bits per heavy atom. The first-order valence-electron chi connectivity index (χ1n) is 4.75. The van der Waals surface area contributed by atoms with Gasteiger partial charge in [0.2, 0.25) is 10.0 Å². The zero-order valence-electron chi connectivity index (χ0n) is 9.37. The fourth-order valence-electron chi connectivity index (χ4n) is 1.12. The maximum absolute atomic E-state index is 11.8. The molecular formula is C9H11NO6S2. The second-order valence-corrected chi connectivity index (χ2v) is 5.80. The minimum atomic E-state index is -3.90. The summed E-state index contributed by atoms with van der Waals surface area (Å²) in [6, 6.07) is 1.26. The van der Waals surface area contributed by atoms with Gasteiger partial charge >= 0.3 is 11.9 Å².